The molecule has 3 rings (SSSR count). The van der Waals surface area contributed by atoms with Gasteiger partial charge in [-0.05, 0) is 23.8 Å². The molecule has 1 aliphatic heterocycles. The molecular formula is C17H19F3N4O. The van der Waals surface area contributed by atoms with E-state index in [-0.39, 0.29) is 5.56 Å². The van der Waals surface area contributed by atoms with Crippen molar-refractivity contribution in [2.75, 3.05) is 31.1 Å². The average molecular weight is 352 g/mol. The fourth-order valence-electron chi connectivity index (χ4n) is 2.82. The van der Waals surface area contributed by atoms with Gasteiger partial charge in [-0.3, -0.25) is 9.69 Å². The van der Waals surface area contributed by atoms with Crippen molar-refractivity contribution in [2.45, 2.75) is 12.7 Å². The summed E-state index contributed by atoms with van der Waals surface area (Å²) in [5.74, 6) is 0.557. The Labute approximate surface area is 143 Å². The minimum Gasteiger partial charge on any atom is -0.354 e. The van der Waals surface area contributed by atoms with Crippen molar-refractivity contribution in [3.05, 3.63) is 58.1 Å². The van der Waals surface area contributed by atoms with E-state index in [9.17, 15) is 18.0 Å². The van der Waals surface area contributed by atoms with Crippen LogP contribution in [-0.2, 0) is 19.8 Å². The van der Waals surface area contributed by atoms with Gasteiger partial charge >= 0.3 is 6.18 Å². The highest BCUT2D eigenvalue weighted by molar-refractivity contribution is 5.40. The second-order valence-electron chi connectivity index (χ2n) is 6.15. The number of aryl methyl sites for hydroxylation is 1. The molecule has 0 spiro atoms. The fraction of sp³-hybridized carbons (Fsp3) is 0.412. The molecule has 0 atom stereocenters. The molecule has 25 heavy (non-hydrogen) atoms. The Morgan fingerprint density at radius 2 is 1.84 bits per heavy atom. The largest absolute Gasteiger partial charge is 0.417 e. The SMILES string of the molecule is Cn1ccc(CN2CCN(c3ccc(C(F)(F)F)cn3)CC2)cc1=O. The molecule has 1 saturated heterocycles. The van der Waals surface area contributed by atoms with Crippen LogP contribution in [0.25, 0.3) is 0 Å². The first-order valence-electron chi connectivity index (χ1n) is 7.99. The number of anilines is 1. The maximum atomic E-state index is 12.6. The van der Waals surface area contributed by atoms with E-state index in [2.05, 4.69) is 9.88 Å². The predicted octanol–water partition coefficient (Wildman–Crippen LogP) is 2.12. The number of halogens is 3. The Morgan fingerprint density at radius 1 is 1.12 bits per heavy atom. The zero-order valence-corrected chi connectivity index (χ0v) is 13.8. The first-order chi connectivity index (χ1) is 11.8. The van der Waals surface area contributed by atoms with Crippen LogP contribution >= 0.6 is 0 Å². The van der Waals surface area contributed by atoms with E-state index in [0.29, 0.717) is 25.5 Å². The third-order valence-electron chi connectivity index (χ3n) is 4.35. The molecule has 0 unspecified atom stereocenters. The summed E-state index contributed by atoms with van der Waals surface area (Å²) in [5, 5.41) is 0. The summed E-state index contributed by atoms with van der Waals surface area (Å²) >= 11 is 0. The smallest absolute Gasteiger partial charge is 0.354 e. The van der Waals surface area contributed by atoms with Gasteiger partial charge in [0.05, 0.1) is 5.56 Å². The highest BCUT2D eigenvalue weighted by Crippen LogP contribution is 2.29. The van der Waals surface area contributed by atoms with Gasteiger partial charge in [0.1, 0.15) is 5.82 Å². The van der Waals surface area contributed by atoms with Crippen molar-refractivity contribution in [1.82, 2.24) is 14.5 Å². The molecule has 0 amide bonds. The van der Waals surface area contributed by atoms with Gasteiger partial charge in [-0.25, -0.2) is 4.98 Å². The summed E-state index contributed by atoms with van der Waals surface area (Å²) in [6, 6.07) is 6.03. The molecule has 0 radical (unpaired) electrons. The standard InChI is InChI=1S/C17H19F3N4O/c1-22-5-4-13(10-16(22)25)12-23-6-8-24(9-7-23)15-3-2-14(11-21-15)17(18,19)20/h2-5,10-11H,6-9,12H2,1H3. The van der Waals surface area contributed by atoms with Gasteiger partial charge in [-0.15, -0.1) is 0 Å². The molecule has 2 aromatic heterocycles. The van der Waals surface area contributed by atoms with Crippen LogP contribution in [0.4, 0.5) is 19.0 Å². The van der Waals surface area contributed by atoms with E-state index in [1.54, 1.807) is 19.3 Å². The van der Waals surface area contributed by atoms with E-state index in [1.807, 2.05) is 11.0 Å². The molecule has 3 heterocycles. The number of rotatable bonds is 3. The van der Waals surface area contributed by atoms with Gasteiger partial charge in [0.25, 0.3) is 5.56 Å². The molecule has 0 aromatic carbocycles. The number of hydrogen-bond acceptors (Lipinski definition) is 4. The number of alkyl halides is 3. The number of nitrogens with zero attached hydrogens (tertiary/aromatic N) is 4. The Balaban J connectivity index is 1.58. The molecule has 0 aliphatic carbocycles. The van der Waals surface area contributed by atoms with Crippen molar-refractivity contribution >= 4 is 5.82 Å². The lowest BCUT2D eigenvalue weighted by Gasteiger charge is -2.35. The molecule has 0 bridgehead atoms. The second kappa shape index (κ2) is 6.87. The molecule has 134 valence electrons. The Morgan fingerprint density at radius 3 is 2.40 bits per heavy atom. The van der Waals surface area contributed by atoms with Gasteiger partial charge in [-0.2, -0.15) is 13.2 Å². The molecule has 0 N–H and O–H groups in total. The lowest BCUT2D eigenvalue weighted by atomic mass is 10.2. The first-order valence-corrected chi connectivity index (χ1v) is 7.99. The summed E-state index contributed by atoms with van der Waals surface area (Å²) < 4.78 is 39.3. The van der Waals surface area contributed by atoms with Crippen molar-refractivity contribution in [3.8, 4) is 0 Å². The molecule has 1 fully saturated rings. The fourth-order valence-corrected chi connectivity index (χ4v) is 2.82. The Hall–Kier alpha value is -2.35. The van der Waals surface area contributed by atoms with Gasteiger partial charge in [0, 0.05) is 58.2 Å². The maximum Gasteiger partial charge on any atom is 0.417 e. The van der Waals surface area contributed by atoms with Crippen molar-refractivity contribution in [2.24, 2.45) is 7.05 Å². The normalized spacial score (nSPS) is 16.2. The van der Waals surface area contributed by atoms with Crippen LogP contribution in [0.2, 0.25) is 0 Å². The van der Waals surface area contributed by atoms with Crippen molar-refractivity contribution in [1.29, 1.82) is 0 Å². The van der Waals surface area contributed by atoms with Crippen LogP contribution in [0.5, 0.6) is 0 Å². The Kier molecular flexibility index (Phi) is 4.80. The highest BCUT2D eigenvalue weighted by atomic mass is 19.4. The van der Waals surface area contributed by atoms with E-state index in [4.69, 9.17) is 0 Å². The van der Waals surface area contributed by atoms with Crippen LogP contribution in [0.3, 0.4) is 0 Å². The minimum atomic E-state index is -4.36. The van der Waals surface area contributed by atoms with E-state index in [1.165, 1.54) is 10.6 Å². The summed E-state index contributed by atoms with van der Waals surface area (Å²) in [5.41, 5.74) is 0.190. The maximum absolute atomic E-state index is 12.6. The molecule has 8 heteroatoms. The molecule has 0 saturated carbocycles. The third-order valence-corrected chi connectivity index (χ3v) is 4.35. The number of pyridine rings is 2. The second-order valence-corrected chi connectivity index (χ2v) is 6.15. The molecular weight excluding hydrogens is 333 g/mol. The zero-order valence-electron chi connectivity index (χ0n) is 13.8. The summed E-state index contributed by atoms with van der Waals surface area (Å²) in [4.78, 5) is 19.8. The highest BCUT2D eigenvalue weighted by Gasteiger charge is 2.31. The molecule has 5 nitrogen and oxygen atoms in total. The van der Waals surface area contributed by atoms with Crippen LogP contribution in [0.15, 0.2) is 41.5 Å². The lowest BCUT2D eigenvalue weighted by molar-refractivity contribution is -0.137. The number of piperazine rings is 1. The number of hydrogen-bond donors (Lipinski definition) is 0. The summed E-state index contributed by atoms with van der Waals surface area (Å²) in [6.07, 6.45) is -1.74. The predicted molar refractivity (Wildman–Crippen MR) is 88.4 cm³/mol. The van der Waals surface area contributed by atoms with E-state index >= 15 is 0 Å². The van der Waals surface area contributed by atoms with Crippen LogP contribution < -0.4 is 10.5 Å². The zero-order chi connectivity index (χ0) is 18.0. The van der Waals surface area contributed by atoms with Gasteiger partial charge in [0.15, 0.2) is 0 Å². The van der Waals surface area contributed by atoms with Crippen LogP contribution in [-0.4, -0.2) is 40.6 Å². The van der Waals surface area contributed by atoms with E-state index in [0.717, 1.165) is 30.9 Å². The monoisotopic (exact) mass is 352 g/mol. The van der Waals surface area contributed by atoms with Crippen LogP contribution in [0, 0.1) is 0 Å². The van der Waals surface area contributed by atoms with Gasteiger partial charge < -0.3 is 9.47 Å². The van der Waals surface area contributed by atoms with Crippen molar-refractivity contribution < 1.29 is 13.2 Å². The lowest BCUT2D eigenvalue weighted by Crippen LogP contribution is -2.46. The topological polar surface area (TPSA) is 41.4 Å². The first kappa shape index (κ1) is 17.5. The quantitative estimate of drug-likeness (QED) is 0.849. The van der Waals surface area contributed by atoms with Crippen LogP contribution in [0.1, 0.15) is 11.1 Å². The molecule has 2 aromatic rings. The average Bonchev–Trinajstić information content (AvgIpc) is 2.58. The Bertz CT molecular complexity index is 778. The minimum absolute atomic E-state index is 0.0370. The van der Waals surface area contributed by atoms with Gasteiger partial charge in [-0.1, -0.05) is 0 Å². The van der Waals surface area contributed by atoms with Crippen molar-refractivity contribution in [3.63, 3.8) is 0 Å². The summed E-state index contributed by atoms with van der Waals surface area (Å²) in [7, 11) is 1.71. The summed E-state index contributed by atoms with van der Waals surface area (Å²) in [6.45, 7) is 3.58. The van der Waals surface area contributed by atoms with E-state index < -0.39 is 11.7 Å². The number of aromatic nitrogens is 2. The van der Waals surface area contributed by atoms with Gasteiger partial charge in [0.2, 0.25) is 0 Å². The third kappa shape index (κ3) is 4.19. The molecule has 1 aliphatic rings.